The predicted octanol–water partition coefficient (Wildman–Crippen LogP) is 2.63. The maximum Gasteiger partial charge on any atom is 0.0414 e. The zero-order chi connectivity index (χ0) is 14.5. The Hall–Kier alpha value is -1.06. The van der Waals surface area contributed by atoms with E-state index in [4.69, 9.17) is 0 Å². The number of hydrogen-bond donors (Lipinski definition) is 1. The van der Waals surface area contributed by atoms with E-state index in [1.54, 1.807) is 0 Å². The van der Waals surface area contributed by atoms with Crippen molar-refractivity contribution in [1.29, 1.82) is 0 Å². The van der Waals surface area contributed by atoms with Crippen LogP contribution in [0.4, 0.5) is 5.69 Å². The van der Waals surface area contributed by atoms with E-state index >= 15 is 0 Å². The minimum absolute atomic E-state index is 0.636. The highest BCUT2D eigenvalue weighted by molar-refractivity contribution is 5.52. The van der Waals surface area contributed by atoms with Crippen LogP contribution >= 0.6 is 0 Å². The van der Waals surface area contributed by atoms with Gasteiger partial charge < -0.3 is 15.1 Å². The van der Waals surface area contributed by atoms with Gasteiger partial charge in [0.05, 0.1) is 0 Å². The second kappa shape index (κ2) is 7.09. The van der Waals surface area contributed by atoms with Crippen LogP contribution in [0.25, 0.3) is 0 Å². The Balaban J connectivity index is 2.21. The Morgan fingerprint density at radius 3 is 2.75 bits per heavy atom. The fourth-order valence-corrected chi connectivity index (χ4v) is 3.18. The molecule has 112 valence electrons. The maximum atomic E-state index is 3.24. The summed E-state index contributed by atoms with van der Waals surface area (Å²) in [5.41, 5.74) is 4.19. The zero-order valence-corrected chi connectivity index (χ0v) is 13.4. The van der Waals surface area contributed by atoms with Crippen LogP contribution in [0, 0.1) is 6.92 Å². The molecule has 1 saturated heterocycles. The van der Waals surface area contributed by atoms with E-state index in [0.717, 1.165) is 6.54 Å². The van der Waals surface area contributed by atoms with Gasteiger partial charge in [-0.15, -0.1) is 0 Å². The summed E-state index contributed by atoms with van der Waals surface area (Å²) in [5.74, 6) is 0. The SMILES string of the molecule is CCC1CN(C)CCCN1c1ccc(CNC)c(C)c1. The minimum Gasteiger partial charge on any atom is -0.367 e. The van der Waals surface area contributed by atoms with Gasteiger partial charge in [-0.25, -0.2) is 0 Å². The number of aryl methyl sites for hydroxylation is 1. The molecule has 3 heteroatoms. The Bertz CT molecular complexity index is 430. The molecule has 1 atom stereocenters. The lowest BCUT2D eigenvalue weighted by Crippen LogP contribution is -2.39. The maximum absolute atomic E-state index is 3.24. The summed E-state index contributed by atoms with van der Waals surface area (Å²) in [6, 6.07) is 7.58. The van der Waals surface area contributed by atoms with Crippen LogP contribution in [0.1, 0.15) is 30.9 Å². The first-order valence-electron chi connectivity index (χ1n) is 7.85. The third-order valence-corrected chi connectivity index (χ3v) is 4.40. The molecule has 3 nitrogen and oxygen atoms in total. The van der Waals surface area contributed by atoms with Crippen molar-refractivity contribution in [1.82, 2.24) is 10.2 Å². The summed E-state index contributed by atoms with van der Waals surface area (Å²) in [6.07, 6.45) is 2.46. The van der Waals surface area contributed by atoms with Crippen molar-refractivity contribution in [2.75, 3.05) is 38.6 Å². The predicted molar refractivity (Wildman–Crippen MR) is 87.5 cm³/mol. The summed E-state index contributed by atoms with van der Waals surface area (Å²) >= 11 is 0. The van der Waals surface area contributed by atoms with Gasteiger partial charge in [-0.3, -0.25) is 0 Å². The summed E-state index contributed by atoms with van der Waals surface area (Å²) < 4.78 is 0. The lowest BCUT2D eigenvalue weighted by atomic mass is 10.1. The minimum atomic E-state index is 0.636. The second-order valence-corrected chi connectivity index (χ2v) is 6.01. The number of benzene rings is 1. The molecular formula is C17H29N3. The number of hydrogen-bond acceptors (Lipinski definition) is 3. The molecule has 1 aromatic rings. The Kier molecular flexibility index (Phi) is 5.44. The Labute approximate surface area is 124 Å². The summed E-state index contributed by atoms with van der Waals surface area (Å²) in [7, 11) is 4.25. The van der Waals surface area contributed by atoms with Crippen LogP contribution in [0.15, 0.2) is 18.2 Å². The lowest BCUT2D eigenvalue weighted by molar-refractivity contribution is 0.328. The molecule has 0 aliphatic carbocycles. The lowest BCUT2D eigenvalue weighted by Gasteiger charge is -2.32. The van der Waals surface area contributed by atoms with Gasteiger partial charge in [-0.2, -0.15) is 0 Å². The first kappa shape index (κ1) is 15.3. The van der Waals surface area contributed by atoms with Gasteiger partial charge in [-0.1, -0.05) is 13.0 Å². The summed E-state index contributed by atoms with van der Waals surface area (Å²) in [5, 5.41) is 3.24. The fraction of sp³-hybridized carbons (Fsp3) is 0.647. The molecule has 0 radical (unpaired) electrons. The molecule has 0 aromatic heterocycles. The molecule has 0 amide bonds. The Morgan fingerprint density at radius 2 is 2.10 bits per heavy atom. The normalized spacial score (nSPS) is 21.0. The van der Waals surface area contributed by atoms with E-state index < -0.39 is 0 Å². The van der Waals surface area contributed by atoms with E-state index in [2.05, 4.69) is 54.2 Å². The van der Waals surface area contributed by atoms with Crippen LogP contribution < -0.4 is 10.2 Å². The first-order chi connectivity index (χ1) is 9.65. The molecule has 0 bridgehead atoms. The van der Waals surface area contributed by atoms with E-state index in [1.165, 1.54) is 49.3 Å². The molecular weight excluding hydrogens is 246 g/mol. The quantitative estimate of drug-likeness (QED) is 0.911. The fourth-order valence-electron chi connectivity index (χ4n) is 3.18. The zero-order valence-electron chi connectivity index (χ0n) is 13.4. The highest BCUT2D eigenvalue weighted by atomic mass is 15.2. The largest absolute Gasteiger partial charge is 0.367 e. The molecule has 1 aliphatic rings. The van der Waals surface area contributed by atoms with Gasteiger partial charge >= 0.3 is 0 Å². The van der Waals surface area contributed by atoms with Gasteiger partial charge in [0, 0.05) is 31.4 Å². The van der Waals surface area contributed by atoms with Crippen molar-refractivity contribution in [3.05, 3.63) is 29.3 Å². The van der Waals surface area contributed by atoms with Crippen molar-refractivity contribution in [2.24, 2.45) is 0 Å². The smallest absolute Gasteiger partial charge is 0.0414 e. The molecule has 0 spiro atoms. The molecule has 20 heavy (non-hydrogen) atoms. The summed E-state index contributed by atoms with van der Waals surface area (Å²) in [4.78, 5) is 5.08. The number of nitrogens with one attached hydrogen (secondary N) is 1. The standard InChI is InChI=1S/C17H29N3/c1-5-16-13-19(4)9-6-10-20(16)17-8-7-15(12-18-3)14(2)11-17/h7-8,11,16,18H,5-6,9-10,12-13H2,1-4H3. The van der Waals surface area contributed by atoms with E-state index in [-0.39, 0.29) is 0 Å². The van der Waals surface area contributed by atoms with Gasteiger partial charge in [0.1, 0.15) is 0 Å². The third kappa shape index (κ3) is 3.53. The molecule has 1 aromatic carbocycles. The van der Waals surface area contributed by atoms with Gasteiger partial charge in [0.15, 0.2) is 0 Å². The molecule has 1 unspecified atom stereocenters. The molecule has 0 saturated carbocycles. The van der Waals surface area contributed by atoms with Crippen LogP contribution in [0.2, 0.25) is 0 Å². The van der Waals surface area contributed by atoms with Crippen molar-refractivity contribution >= 4 is 5.69 Å². The first-order valence-corrected chi connectivity index (χ1v) is 7.85. The topological polar surface area (TPSA) is 18.5 Å². The molecule has 1 aliphatic heterocycles. The number of anilines is 1. The van der Waals surface area contributed by atoms with Crippen molar-refractivity contribution in [3.8, 4) is 0 Å². The van der Waals surface area contributed by atoms with E-state index in [0.29, 0.717) is 6.04 Å². The highest BCUT2D eigenvalue weighted by Gasteiger charge is 2.22. The van der Waals surface area contributed by atoms with E-state index in [1.807, 2.05) is 7.05 Å². The van der Waals surface area contributed by atoms with Gasteiger partial charge in [-0.05, 0) is 63.7 Å². The molecule has 1 heterocycles. The van der Waals surface area contributed by atoms with Crippen molar-refractivity contribution < 1.29 is 0 Å². The van der Waals surface area contributed by atoms with Gasteiger partial charge in [0.2, 0.25) is 0 Å². The number of likely N-dealkylation sites (N-methyl/N-ethyl adjacent to an activating group) is 1. The number of nitrogens with zero attached hydrogens (tertiary/aromatic N) is 2. The second-order valence-electron chi connectivity index (χ2n) is 6.01. The Morgan fingerprint density at radius 1 is 1.30 bits per heavy atom. The third-order valence-electron chi connectivity index (χ3n) is 4.40. The van der Waals surface area contributed by atoms with Crippen LogP contribution in [-0.4, -0.2) is 44.7 Å². The molecule has 2 rings (SSSR count). The van der Waals surface area contributed by atoms with Gasteiger partial charge in [0.25, 0.3) is 0 Å². The summed E-state index contributed by atoms with van der Waals surface area (Å²) in [6.45, 7) is 9.04. The average Bonchev–Trinajstić information content (AvgIpc) is 2.62. The average molecular weight is 275 g/mol. The van der Waals surface area contributed by atoms with Crippen molar-refractivity contribution in [2.45, 2.75) is 39.3 Å². The molecule has 1 fully saturated rings. The molecule has 1 N–H and O–H groups in total. The highest BCUT2D eigenvalue weighted by Crippen LogP contribution is 2.24. The number of rotatable bonds is 4. The van der Waals surface area contributed by atoms with Crippen molar-refractivity contribution in [3.63, 3.8) is 0 Å². The monoisotopic (exact) mass is 275 g/mol. The van der Waals surface area contributed by atoms with Crippen LogP contribution in [0.5, 0.6) is 0 Å². The van der Waals surface area contributed by atoms with Crippen LogP contribution in [-0.2, 0) is 6.54 Å². The van der Waals surface area contributed by atoms with Crippen LogP contribution in [0.3, 0.4) is 0 Å². The van der Waals surface area contributed by atoms with E-state index in [9.17, 15) is 0 Å².